The first kappa shape index (κ1) is 15.1. The number of aliphatic hydroxyl groups excluding tert-OH is 1. The van der Waals surface area contributed by atoms with E-state index in [1.807, 2.05) is 0 Å². The van der Waals surface area contributed by atoms with Crippen molar-refractivity contribution < 1.29 is 18.3 Å². The van der Waals surface area contributed by atoms with Crippen LogP contribution in [0, 0.1) is 0 Å². The molecule has 0 aliphatic heterocycles. The standard InChI is InChI=1S/C10H19N3O4S/c1-17-7-2-4-12-18(15,16)10-8-11-13(9-10)5-3-6-14/h8-9,12,14H,2-7H2,1H3. The Balaban J connectivity index is 2.53. The fourth-order valence-corrected chi connectivity index (χ4v) is 2.37. The molecular weight excluding hydrogens is 258 g/mol. The summed E-state index contributed by atoms with van der Waals surface area (Å²) in [4.78, 5) is 0.137. The van der Waals surface area contributed by atoms with Crippen molar-refractivity contribution in [2.75, 3.05) is 26.9 Å². The molecule has 0 aromatic carbocycles. The Labute approximate surface area is 107 Å². The van der Waals surface area contributed by atoms with Gasteiger partial charge < -0.3 is 9.84 Å². The van der Waals surface area contributed by atoms with Crippen molar-refractivity contribution in [3.8, 4) is 0 Å². The molecule has 0 spiro atoms. The minimum atomic E-state index is -3.50. The van der Waals surface area contributed by atoms with Crippen LogP contribution in [0.25, 0.3) is 0 Å². The number of methoxy groups -OCH3 is 1. The zero-order chi connectivity index (χ0) is 13.4. The number of aliphatic hydroxyl groups is 1. The molecule has 104 valence electrons. The highest BCUT2D eigenvalue weighted by atomic mass is 32.2. The number of sulfonamides is 1. The first-order valence-electron chi connectivity index (χ1n) is 5.72. The molecule has 0 radical (unpaired) electrons. The van der Waals surface area contributed by atoms with E-state index in [2.05, 4.69) is 9.82 Å². The molecule has 2 N–H and O–H groups in total. The second-order valence-electron chi connectivity index (χ2n) is 3.76. The van der Waals surface area contributed by atoms with Gasteiger partial charge in [0.2, 0.25) is 10.0 Å². The molecule has 0 amide bonds. The Morgan fingerprint density at radius 2 is 2.28 bits per heavy atom. The van der Waals surface area contributed by atoms with Gasteiger partial charge in [0.15, 0.2) is 0 Å². The van der Waals surface area contributed by atoms with Gasteiger partial charge in [-0.3, -0.25) is 4.68 Å². The molecule has 0 atom stereocenters. The molecule has 1 rings (SSSR count). The molecule has 1 aromatic rings. The third-order valence-corrected chi connectivity index (χ3v) is 3.70. The van der Waals surface area contributed by atoms with Crippen LogP contribution in [0.15, 0.2) is 17.3 Å². The Morgan fingerprint density at radius 3 is 2.94 bits per heavy atom. The van der Waals surface area contributed by atoms with E-state index >= 15 is 0 Å². The fraction of sp³-hybridized carbons (Fsp3) is 0.700. The SMILES string of the molecule is COCCCNS(=O)(=O)c1cnn(CCCO)c1. The summed E-state index contributed by atoms with van der Waals surface area (Å²) in [5.41, 5.74) is 0. The van der Waals surface area contributed by atoms with Gasteiger partial charge >= 0.3 is 0 Å². The number of rotatable bonds is 9. The highest BCUT2D eigenvalue weighted by Crippen LogP contribution is 2.07. The molecule has 1 aromatic heterocycles. The predicted octanol–water partition coefficient (Wildman–Crippen LogP) is -0.420. The van der Waals surface area contributed by atoms with Crippen LogP contribution in [-0.4, -0.2) is 50.2 Å². The van der Waals surface area contributed by atoms with Crippen LogP contribution >= 0.6 is 0 Å². The highest BCUT2D eigenvalue weighted by molar-refractivity contribution is 7.89. The second-order valence-corrected chi connectivity index (χ2v) is 5.53. The van der Waals surface area contributed by atoms with E-state index in [0.717, 1.165) is 0 Å². The number of ether oxygens (including phenoxy) is 1. The summed E-state index contributed by atoms with van der Waals surface area (Å²) in [5.74, 6) is 0. The van der Waals surface area contributed by atoms with E-state index in [9.17, 15) is 8.42 Å². The minimum Gasteiger partial charge on any atom is -0.396 e. The van der Waals surface area contributed by atoms with Crippen molar-refractivity contribution in [3.63, 3.8) is 0 Å². The fourth-order valence-electron chi connectivity index (χ4n) is 1.34. The minimum absolute atomic E-state index is 0.0528. The van der Waals surface area contributed by atoms with Gasteiger partial charge in [-0.25, -0.2) is 13.1 Å². The lowest BCUT2D eigenvalue weighted by Crippen LogP contribution is -2.25. The molecular formula is C10H19N3O4S. The summed E-state index contributed by atoms with van der Waals surface area (Å²) in [5, 5.41) is 12.6. The lowest BCUT2D eigenvalue weighted by Gasteiger charge is -2.03. The van der Waals surface area contributed by atoms with Gasteiger partial charge in [-0.05, 0) is 12.8 Å². The van der Waals surface area contributed by atoms with E-state index in [1.54, 1.807) is 7.11 Å². The lowest BCUT2D eigenvalue weighted by atomic mass is 10.5. The number of hydrogen-bond acceptors (Lipinski definition) is 5. The average Bonchev–Trinajstić information content (AvgIpc) is 2.81. The van der Waals surface area contributed by atoms with Crippen molar-refractivity contribution >= 4 is 10.0 Å². The molecule has 18 heavy (non-hydrogen) atoms. The van der Waals surface area contributed by atoms with Gasteiger partial charge in [0.25, 0.3) is 0 Å². The summed E-state index contributed by atoms with van der Waals surface area (Å²) in [6, 6.07) is 0. The van der Waals surface area contributed by atoms with E-state index < -0.39 is 10.0 Å². The van der Waals surface area contributed by atoms with E-state index in [-0.39, 0.29) is 11.5 Å². The van der Waals surface area contributed by atoms with Crippen LogP contribution in [0.1, 0.15) is 12.8 Å². The lowest BCUT2D eigenvalue weighted by molar-refractivity contribution is 0.196. The number of hydrogen-bond donors (Lipinski definition) is 2. The maximum Gasteiger partial charge on any atom is 0.243 e. The third kappa shape index (κ3) is 4.73. The summed E-state index contributed by atoms with van der Waals surface area (Å²) < 4.78 is 32.5. The topological polar surface area (TPSA) is 93.5 Å². The van der Waals surface area contributed by atoms with Crippen molar-refractivity contribution in [2.24, 2.45) is 0 Å². The Kier molecular flexibility index (Phi) is 6.27. The van der Waals surface area contributed by atoms with Crippen molar-refractivity contribution in [2.45, 2.75) is 24.3 Å². The zero-order valence-electron chi connectivity index (χ0n) is 10.4. The van der Waals surface area contributed by atoms with Gasteiger partial charge in [-0.1, -0.05) is 0 Å². The van der Waals surface area contributed by atoms with Gasteiger partial charge in [-0.15, -0.1) is 0 Å². The van der Waals surface area contributed by atoms with Crippen LogP contribution in [0.5, 0.6) is 0 Å². The normalized spacial score (nSPS) is 11.9. The van der Waals surface area contributed by atoms with E-state index in [4.69, 9.17) is 9.84 Å². The molecule has 0 aliphatic rings. The molecule has 0 fully saturated rings. The van der Waals surface area contributed by atoms with Crippen LogP contribution in [-0.2, 0) is 21.3 Å². The van der Waals surface area contributed by atoms with Crippen molar-refractivity contribution in [1.29, 1.82) is 0 Å². The van der Waals surface area contributed by atoms with Crippen LogP contribution in [0.3, 0.4) is 0 Å². The second kappa shape index (κ2) is 7.47. The Bertz CT molecular complexity index is 444. The number of nitrogens with one attached hydrogen (secondary N) is 1. The van der Waals surface area contributed by atoms with Gasteiger partial charge in [0.1, 0.15) is 4.90 Å². The largest absolute Gasteiger partial charge is 0.396 e. The van der Waals surface area contributed by atoms with Crippen LogP contribution in [0.2, 0.25) is 0 Å². The van der Waals surface area contributed by atoms with Gasteiger partial charge in [0.05, 0.1) is 6.20 Å². The van der Waals surface area contributed by atoms with Crippen LogP contribution in [0.4, 0.5) is 0 Å². The molecule has 0 saturated carbocycles. The Morgan fingerprint density at radius 1 is 1.50 bits per heavy atom. The summed E-state index contributed by atoms with van der Waals surface area (Å²) >= 11 is 0. The molecule has 0 aliphatic carbocycles. The number of aryl methyl sites for hydroxylation is 1. The number of nitrogens with zero attached hydrogens (tertiary/aromatic N) is 2. The summed E-state index contributed by atoms with van der Waals surface area (Å²) in [7, 11) is -1.93. The first-order valence-corrected chi connectivity index (χ1v) is 7.20. The number of aromatic nitrogens is 2. The third-order valence-electron chi connectivity index (χ3n) is 2.28. The van der Waals surface area contributed by atoms with E-state index in [1.165, 1.54) is 17.1 Å². The van der Waals surface area contributed by atoms with Gasteiger partial charge in [0, 0.05) is 39.6 Å². The zero-order valence-corrected chi connectivity index (χ0v) is 11.2. The highest BCUT2D eigenvalue weighted by Gasteiger charge is 2.15. The smallest absolute Gasteiger partial charge is 0.243 e. The molecule has 1 heterocycles. The van der Waals surface area contributed by atoms with Crippen molar-refractivity contribution in [1.82, 2.24) is 14.5 Å². The maximum absolute atomic E-state index is 11.8. The Hall–Kier alpha value is -0.960. The molecule has 0 saturated heterocycles. The monoisotopic (exact) mass is 277 g/mol. The molecule has 7 nitrogen and oxygen atoms in total. The summed E-state index contributed by atoms with van der Waals surface area (Å²) in [6.07, 6.45) is 3.92. The van der Waals surface area contributed by atoms with Crippen molar-refractivity contribution in [3.05, 3.63) is 12.4 Å². The maximum atomic E-state index is 11.8. The predicted molar refractivity (Wildman–Crippen MR) is 65.6 cm³/mol. The molecule has 0 unspecified atom stereocenters. The van der Waals surface area contributed by atoms with Gasteiger partial charge in [-0.2, -0.15) is 5.10 Å². The summed E-state index contributed by atoms with van der Waals surface area (Å²) in [6.45, 7) is 1.39. The molecule has 8 heteroatoms. The van der Waals surface area contributed by atoms with Crippen LogP contribution < -0.4 is 4.72 Å². The average molecular weight is 277 g/mol. The quantitative estimate of drug-likeness (QED) is 0.598. The first-order chi connectivity index (χ1) is 8.60. The van der Waals surface area contributed by atoms with E-state index in [0.29, 0.717) is 32.5 Å². The molecule has 0 bridgehead atoms.